The van der Waals surface area contributed by atoms with E-state index in [-0.39, 0.29) is 54.6 Å². The number of amides is 2. The van der Waals surface area contributed by atoms with Crippen LogP contribution < -0.4 is 10.6 Å². The van der Waals surface area contributed by atoms with Crippen molar-refractivity contribution in [2.45, 2.75) is 58.5 Å². The van der Waals surface area contributed by atoms with Crippen molar-refractivity contribution < 1.29 is 23.9 Å². The third-order valence-electron chi connectivity index (χ3n) is 7.43. The van der Waals surface area contributed by atoms with Crippen molar-refractivity contribution >= 4 is 28.9 Å². The zero-order valence-corrected chi connectivity index (χ0v) is 23.2. The van der Waals surface area contributed by atoms with Gasteiger partial charge in [-0.05, 0) is 43.1 Å². The van der Waals surface area contributed by atoms with Gasteiger partial charge in [-0.2, -0.15) is 0 Å². The molecule has 3 rings (SSSR count). The Morgan fingerprint density at radius 2 is 1.76 bits per heavy atom. The Morgan fingerprint density at radius 1 is 1.08 bits per heavy atom. The maximum Gasteiger partial charge on any atom is 0.263 e. The molecule has 9 heteroatoms. The number of aromatic nitrogens is 1. The summed E-state index contributed by atoms with van der Waals surface area (Å²) in [4.78, 5) is 43.9. The molecule has 1 fully saturated rings. The van der Waals surface area contributed by atoms with Crippen molar-refractivity contribution in [1.82, 2.24) is 15.6 Å². The molecule has 0 radical (unpaired) electrons. The fraction of sp³-hybridized carbons (Fsp3) is 0.571. The van der Waals surface area contributed by atoms with E-state index in [1.807, 2.05) is 25.1 Å². The van der Waals surface area contributed by atoms with Crippen LogP contribution in [-0.2, 0) is 25.5 Å². The number of hydrogen-bond acceptors (Lipinski definition) is 7. The van der Waals surface area contributed by atoms with E-state index >= 15 is 0 Å². The van der Waals surface area contributed by atoms with E-state index in [1.54, 1.807) is 0 Å². The predicted molar refractivity (Wildman–Crippen MR) is 144 cm³/mol. The van der Waals surface area contributed by atoms with Gasteiger partial charge in [0.25, 0.3) is 5.91 Å². The number of benzene rings is 1. The molecular weight excluding hydrogens is 490 g/mol. The molecule has 0 aliphatic heterocycles. The first-order valence-electron chi connectivity index (χ1n) is 12.7. The molecule has 1 aliphatic carbocycles. The number of aryl methyl sites for hydroxylation is 1. The van der Waals surface area contributed by atoms with Crippen LogP contribution in [0.3, 0.4) is 0 Å². The number of nitrogens with zero attached hydrogens (tertiary/aromatic N) is 1. The molecule has 2 N–H and O–H groups in total. The van der Waals surface area contributed by atoms with Crippen LogP contribution in [-0.4, -0.2) is 62.1 Å². The first kappa shape index (κ1) is 28.9. The Labute approximate surface area is 223 Å². The van der Waals surface area contributed by atoms with Crippen molar-refractivity contribution in [3.8, 4) is 0 Å². The minimum absolute atomic E-state index is 0.00962. The number of ether oxygens (including phenoxy) is 2. The van der Waals surface area contributed by atoms with Gasteiger partial charge in [0.15, 0.2) is 5.78 Å². The summed E-state index contributed by atoms with van der Waals surface area (Å²) in [5.74, 6) is -1.29. The molecule has 1 unspecified atom stereocenters. The summed E-state index contributed by atoms with van der Waals surface area (Å²) in [5.41, 5.74) is 1.37. The molecule has 0 spiro atoms. The van der Waals surface area contributed by atoms with Crippen molar-refractivity contribution in [3.63, 3.8) is 0 Å². The molecule has 1 aliphatic rings. The Bertz CT molecular complexity index is 1050. The van der Waals surface area contributed by atoms with Crippen molar-refractivity contribution in [2.75, 3.05) is 27.4 Å². The number of carbonyl (C=O) groups excluding carboxylic acids is 3. The van der Waals surface area contributed by atoms with Crippen LogP contribution in [0.25, 0.3) is 0 Å². The van der Waals surface area contributed by atoms with Gasteiger partial charge in [-0.25, -0.2) is 4.98 Å². The van der Waals surface area contributed by atoms with Crippen LogP contribution in [0.2, 0.25) is 0 Å². The summed E-state index contributed by atoms with van der Waals surface area (Å²) in [6.07, 6.45) is 4.42. The minimum atomic E-state index is -0.878. The summed E-state index contributed by atoms with van der Waals surface area (Å²) in [6.45, 7) is 6.38. The Balaban J connectivity index is 1.69. The van der Waals surface area contributed by atoms with Crippen LogP contribution >= 0.6 is 11.3 Å². The van der Waals surface area contributed by atoms with E-state index in [1.165, 1.54) is 31.8 Å². The lowest BCUT2D eigenvalue weighted by Gasteiger charge is -2.31. The molecule has 202 valence electrons. The van der Waals surface area contributed by atoms with Crippen molar-refractivity contribution in [3.05, 3.63) is 52.0 Å². The average Bonchev–Trinajstić information content (AvgIpc) is 3.48. The smallest absolute Gasteiger partial charge is 0.263 e. The number of rotatable bonds is 15. The summed E-state index contributed by atoms with van der Waals surface area (Å²) >= 11 is 1.25. The van der Waals surface area contributed by atoms with Crippen LogP contribution in [0.15, 0.2) is 36.5 Å². The molecule has 4 atom stereocenters. The van der Waals surface area contributed by atoms with E-state index in [0.717, 1.165) is 23.4 Å². The zero-order chi connectivity index (χ0) is 27.0. The largest absolute Gasteiger partial charge is 0.384 e. The van der Waals surface area contributed by atoms with Gasteiger partial charge < -0.3 is 20.1 Å². The molecule has 0 saturated heterocycles. The highest BCUT2D eigenvalue weighted by molar-refractivity contribution is 7.13. The Morgan fingerprint density at radius 3 is 2.32 bits per heavy atom. The molecule has 2 amide bonds. The number of Topliss-reactive ketones (excluding diaryl/α,β-unsaturated/α-hetero) is 1. The fourth-order valence-electron chi connectivity index (χ4n) is 4.55. The van der Waals surface area contributed by atoms with Gasteiger partial charge in [0.05, 0.1) is 30.3 Å². The highest BCUT2D eigenvalue weighted by Gasteiger charge is 2.46. The SMILES string of the molecule is COC[C@H](CC(=O)[C@H](COC)NC(=O)c1cnc(C)s1)C(=O)N[C@@H](Cc1ccccc1)C(C)C1(C)CC1. The first-order chi connectivity index (χ1) is 17.7. The second-order valence-electron chi connectivity index (χ2n) is 10.3. The summed E-state index contributed by atoms with van der Waals surface area (Å²) < 4.78 is 10.5. The van der Waals surface area contributed by atoms with E-state index in [4.69, 9.17) is 9.47 Å². The molecule has 37 heavy (non-hydrogen) atoms. The number of nitrogens with one attached hydrogen (secondary N) is 2. The second kappa shape index (κ2) is 13.3. The number of ketones is 1. The standard InChI is InChI=1S/C28H39N3O5S/c1-18(28(3)11-12-28)22(13-20-9-7-6-8-10-20)30-26(33)21(16-35-4)14-24(32)23(17-36-5)31-27(34)25-15-29-19(2)37-25/h6-10,15,18,21-23H,11-14,16-17H2,1-5H3,(H,30,33)(H,31,34)/t18?,21-,22-,23-/m0/s1. The van der Waals surface area contributed by atoms with E-state index in [2.05, 4.69) is 41.6 Å². The highest BCUT2D eigenvalue weighted by Crippen LogP contribution is 2.52. The van der Waals surface area contributed by atoms with Crippen molar-refractivity contribution in [2.24, 2.45) is 17.3 Å². The van der Waals surface area contributed by atoms with Gasteiger partial charge in [0.2, 0.25) is 5.91 Å². The van der Waals surface area contributed by atoms with Gasteiger partial charge in [-0.1, -0.05) is 44.2 Å². The van der Waals surface area contributed by atoms with Crippen LogP contribution in [0.1, 0.15) is 53.4 Å². The average molecular weight is 530 g/mol. The van der Waals surface area contributed by atoms with E-state index in [9.17, 15) is 14.4 Å². The van der Waals surface area contributed by atoms with Crippen LogP contribution in [0.4, 0.5) is 0 Å². The Kier molecular flexibility index (Phi) is 10.4. The summed E-state index contributed by atoms with van der Waals surface area (Å²) in [5, 5.41) is 6.74. The number of hydrogen-bond donors (Lipinski definition) is 2. The van der Waals surface area contributed by atoms with E-state index < -0.39 is 12.0 Å². The fourth-order valence-corrected chi connectivity index (χ4v) is 5.23. The predicted octanol–water partition coefficient (Wildman–Crippen LogP) is 3.58. The van der Waals surface area contributed by atoms with Gasteiger partial charge in [-0.15, -0.1) is 11.3 Å². The lowest BCUT2D eigenvalue weighted by molar-refractivity contribution is -0.133. The lowest BCUT2D eigenvalue weighted by Crippen LogP contribution is -2.49. The normalized spacial score (nSPS) is 17.3. The molecule has 1 aromatic carbocycles. The monoisotopic (exact) mass is 529 g/mol. The quantitative estimate of drug-likeness (QED) is 0.365. The van der Waals surface area contributed by atoms with Gasteiger partial charge in [-0.3, -0.25) is 14.4 Å². The van der Waals surface area contributed by atoms with E-state index in [0.29, 0.717) is 11.3 Å². The maximum absolute atomic E-state index is 13.5. The molecule has 1 saturated carbocycles. The molecular formula is C28H39N3O5S. The first-order valence-corrected chi connectivity index (χ1v) is 13.6. The van der Waals surface area contributed by atoms with Gasteiger partial charge >= 0.3 is 0 Å². The third-order valence-corrected chi connectivity index (χ3v) is 8.34. The zero-order valence-electron chi connectivity index (χ0n) is 22.4. The van der Waals surface area contributed by atoms with Crippen LogP contribution in [0, 0.1) is 24.2 Å². The summed E-state index contributed by atoms with van der Waals surface area (Å²) in [7, 11) is 2.98. The van der Waals surface area contributed by atoms with Gasteiger partial charge in [0, 0.05) is 26.7 Å². The lowest BCUT2D eigenvalue weighted by atomic mass is 9.82. The van der Waals surface area contributed by atoms with Gasteiger partial charge in [0.1, 0.15) is 10.9 Å². The maximum atomic E-state index is 13.5. The summed E-state index contributed by atoms with van der Waals surface area (Å²) in [6, 6.07) is 9.18. The number of carbonyl (C=O) groups is 3. The molecule has 1 heterocycles. The second-order valence-corrected chi connectivity index (χ2v) is 11.5. The molecule has 0 bridgehead atoms. The number of methoxy groups -OCH3 is 2. The third kappa shape index (κ3) is 8.18. The topological polar surface area (TPSA) is 107 Å². The van der Waals surface area contributed by atoms with Crippen molar-refractivity contribution in [1.29, 1.82) is 0 Å². The molecule has 1 aromatic heterocycles. The molecule has 8 nitrogen and oxygen atoms in total. The Hall–Kier alpha value is -2.62. The minimum Gasteiger partial charge on any atom is -0.384 e. The highest BCUT2D eigenvalue weighted by atomic mass is 32.1. The molecule has 2 aromatic rings. The number of thiazole rings is 1. The van der Waals surface area contributed by atoms with Crippen LogP contribution in [0.5, 0.6) is 0 Å².